The maximum atomic E-state index is 12.5. The molecule has 27 heavy (non-hydrogen) atoms. The average molecular weight is 592 g/mol. The van der Waals surface area contributed by atoms with Gasteiger partial charge < -0.3 is 0 Å². The molecule has 0 atom stereocenters. The topological polar surface area (TPSA) is 52.6 Å². The fourth-order valence-corrected chi connectivity index (χ4v) is 8.34. The van der Waals surface area contributed by atoms with E-state index >= 15 is 0 Å². The molecule has 150 valence electrons. The minimum atomic E-state index is -5.42. The Morgan fingerprint density at radius 2 is 1.11 bits per heavy atom. The van der Waals surface area contributed by atoms with Gasteiger partial charge in [-0.25, -0.2) is 0 Å². The Labute approximate surface area is 161 Å². The van der Waals surface area contributed by atoms with Gasteiger partial charge in [-0.1, -0.05) is 0 Å². The summed E-state index contributed by atoms with van der Waals surface area (Å²) in [6, 6.07) is 4.41. The standard InChI is InChI=1S/C12H17.2C2HF3O2.Tl/c1-9(2)11-6-5-7-12(8-11)10(3)4;2*3-2(4,5)1(6)7;/h6-10H,1-4H3;2*(H,6,7);/q;;;+2/p-2. The summed E-state index contributed by atoms with van der Waals surface area (Å²) in [5, 5.41) is 0. The zero-order valence-corrected chi connectivity index (χ0v) is 19.4. The molecule has 0 amide bonds. The Hall–Kier alpha value is -1.34. The van der Waals surface area contributed by atoms with Crippen LogP contribution < -0.4 is 3.12 Å². The van der Waals surface area contributed by atoms with Crippen LogP contribution >= 0.6 is 0 Å². The molecule has 0 bridgehead atoms. The predicted molar refractivity (Wildman–Crippen MR) is 84.3 cm³/mol. The molecule has 1 aromatic rings. The van der Waals surface area contributed by atoms with Crippen molar-refractivity contribution in [2.45, 2.75) is 51.9 Å². The second-order valence-electron chi connectivity index (χ2n) is 6.38. The maximum absolute atomic E-state index is 12.5. The van der Waals surface area contributed by atoms with Gasteiger partial charge in [-0.05, 0) is 0 Å². The Kier molecular flexibility index (Phi) is 7.71. The minimum absolute atomic E-state index is 0.0832. The second kappa shape index (κ2) is 8.78. The third-order valence-electron chi connectivity index (χ3n) is 3.50. The van der Waals surface area contributed by atoms with E-state index in [1.807, 2.05) is 0 Å². The number of benzene rings is 1. The van der Waals surface area contributed by atoms with Gasteiger partial charge >= 0.3 is 161 Å². The molecule has 0 heterocycles. The van der Waals surface area contributed by atoms with E-state index in [0.29, 0.717) is 11.1 Å². The second-order valence-corrected chi connectivity index (χ2v) is 13.4. The van der Waals surface area contributed by atoms with Crippen LogP contribution in [-0.4, -0.2) is 47.9 Å². The van der Waals surface area contributed by atoms with Crippen molar-refractivity contribution in [2.75, 3.05) is 0 Å². The van der Waals surface area contributed by atoms with Crippen molar-refractivity contribution in [1.82, 2.24) is 0 Å². The number of halogens is 6. The number of alkyl halides is 6. The third kappa shape index (κ3) is 6.96. The van der Waals surface area contributed by atoms with Gasteiger partial charge in [0.15, 0.2) is 0 Å². The molecule has 1 rings (SSSR count). The molecule has 0 aromatic heterocycles. The molecule has 4 nitrogen and oxygen atoms in total. The number of carbonyl (C=O) groups excluding carboxylic acids is 2. The first-order chi connectivity index (χ1) is 12.1. The van der Waals surface area contributed by atoms with Crippen LogP contribution in [0.15, 0.2) is 18.2 Å². The van der Waals surface area contributed by atoms with E-state index in [2.05, 4.69) is 5.37 Å². The van der Waals surface area contributed by atoms with Gasteiger partial charge in [-0.3, -0.25) is 0 Å². The fraction of sp³-hybridized carbons (Fsp3) is 0.500. The van der Waals surface area contributed by atoms with Gasteiger partial charge in [0.05, 0.1) is 0 Å². The molecule has 0 spiro atoms. The summed E-state index contributed by atoms with van der Waals surface area (Å²) in [6.07, 6.45) is -10.8. The van der Waals surface area contributed by atoms with Crippen molar-refractivity contribution >= 4 is 38.7 Å². The van der Waals surface area contributed by atoms with Crippen molar-refractivity contribution in [3.05, 3.63) is 29.3 Å². The van der Waals surface area contributed by atoms with Gasteiger partial charge in [0.1, 0.15) is 0 Å². The summed E-state index contributed by atoms with van der Waals surface area (Å²) in [7, 11) is 0. The first-order valence-corrected chi connectivity index (χ1v) is 13.7. The van der Waals surface area contributed by atoms with E-state index in [-0.39, 0.29) is 15.0 Å². The number of carbonyl (C=O) groups is 2. The van der Waals surface area contributed by atoms with Crippen LogP contribution in [0.4, 0.5) is 26.3 Å². The SMILES string of the molecule is CC(C)c1cc(C(C)C)c[c]([Tl]([O]C(=O)C(F)(F)F)[O]C(=O)C(F)(F)F)c1. The Morgan fingerprint density at radius 1 is 0.778 bits per heavy atom. The molecule has 11 heteroatoms. The van der Waals surface area contributed by atoms with E-state index in [1.165, 1.54) is 12.1 Å². The molecule has 0 aliphatic carbocycles. The summed E-state index contributed by atoms with van der Waals surface area (Å²) in [5.74, 6) is -5.56. The van der Waals surface area contributed by atoms with E-state index in [9.17, 15) is 35.9 Å². The van der Waals surface area contributed by atoms with Crippen molar-refractivity contribution < 1.29 is 41.3 Å². The van der Waals surface area contributed by atoms with Crippen molar-refractivity contribution in [1.29, 1.82) is 0 Å². The van der Waals surface area contributed by atoms with Gasteiger partial charge in [-0.15, -0.1) is 0 Å². The van der Waals surface area contributed by atoms with Gasteiger partial charge in [0.2, 0.25) is 0 Å². The number of rotatable bonds is 5. The van der Waals surface area contributed by atoms with Gasteiger partial charge in [-0.2, -0.15) is 0 Å². The van der Waals surface area contributed by atoms with Crippen LogP contribution in [0.2, 0.25) is 0 Å². The third-order valence-corrected chi connectivity index (χ3v) is 10.2. The van der Waals surface area contributed by atoms with Crippen LogP contribution in [0.25, 0.3) is 0 Å². The average Bonchev–Trinajstić information content (AvgIpc) is 2.51. The van der Waals surface area contributed by atoms with Crippen LogP contribution in [-0.2, 0) is 15.0 Å². The zero-order chi connectivity index (χ0) is 21.2. The molecule has 0 aliphatic heterocycles. The first-order valence-electron chi connectivity index (χ1n) is 7.83. The molecule has 0 unspecified atom stereocenters. The van der Waals surface area contributed by atoms with Crippen molar-refractivity contribution in [3.8, 4) is 0 Å². The first kappa shape index (κ1) is 23.7. The summed E-state index contributed by atoms with van der Waals surface area (Å²) >= 11 is -5.20. The molecular formula is C16H17F6O4Tl. The van der Waals surface area contributed by atoms with E-state index in [1.54, 1.807) is 33.8 Å². The summed E-state index contributed by atoms with van der Waals surface area (Å²) < 4.78 is 83.5. The van der Waals surface area contributed by atoms with E-state index in [4.69, 9.17) is 0 Å². The Balaban J connectivity index is 3.40. The van der Waals surface area contributed by atoms with Crippen LogP contribution in [0.1, 0.15) is 50.7 Å². The number of hydrogen-bond acceptors (Lipinski definition) is 4. The number of hydrogen-bond donors (Lipinski definition) is 0. The van der Waals surface area contributed by atoms with E-state index < -0.39 is 47.9 Å². The molecule has 0 saturated heterocycles. The molecule has 0 N–H and O–H groups in total. The summed E-state index contributed by atoms with van der Waals surface area (Å²) in [5.41, 5.74) is 1.24. The predicted octanol–water partition coefficient (Wildman–Crippen LogP) is 3.84. The van der Waals surface area contributed by atoms with Gasteiger partial charge in [0, 0.05) is 0 Å². The molecule has 1 aromatic carbocycles. The molecule has 0 aliphatic rings. The zero-order valence-electron chi connectivity index (χ0n) is 14.9. The summed E-state index contributed by atoms with van der Waals surface area (Å²) in [4.78, 5) is 22.3. The molecule has 0 radical (unpaired) electrons. The van der Waals surface area contributed by atoms with Crippen LogP contribution in [0.5, 0.6) is 0 Å². The Morgan fingerprint density at radius 3 is 1.37 bits per heavy atom. The summed E-state index contributed by atoms with van der Waals surface area (Å²) in [6.45, 7) is 7.11. The fourth-order valence-electron chi connectivity index (χ4n) is 1.99. The molecular weight excluding hydrogens is 575 g/mol. The Bertz CT molecular complexity index is 643. The van der Waals surface area contributed by atoms with E-state index in [0.717, 1.165) is 0 Å². The van der Waals surface area contributed by atoms with Gasteiger partial charge in [0.25, 0.3) is 0 Å². The van der Waals surface area contributed by atoms with Crippen LogP contribution in [0.3, 0.4) is 0 Å². The monoisotopic (exact) mass is 592 g/mol. The van der Waals surface area contributed by atoms with Crippen LogP contribution in [0, 0.1) is 0 Å². The van der Waals surface area contributed by atoms with Crippen molar-refractivity contribution in [3.63, 3.8) is 0 Å². The molecule has 0 saturated carbocycles. The normalized spacial score (nSPS) is 12.3. The van der Waals surface area contributed by atoms with Crippen molar-refractivity contribution in [2.24, 2.45) is 0 Å². The molecule has 0 fully saturated rings. The quantitative estimate of drug-likeness (QED) is 0.386.